The van der Waals surface area contributed by atoms with Gasteiger partial charge >= 0.3 is 113 Å². The van der Waals surface area contributed by atoms with Gasteiger partial charge in [0.05, 0.1) is 28.9 Å². The third kappa shape index (κ3) is 35.6. The number of rotatable bonds is 10. The SMILES string of the molecule is O=P([O-])([O-])OP(=O)([O-])OCCCl.O=P([O-])([O-])OP(=O)([O-])OCCCl.[Ca+2].[Ca+2].[Ca+2]. The first-order chi connectivity index (χ1) is 10.5. The van der Waals surface area contributed by atoms with Crippen molar-refractivity contribution < 1.29 is 65.3 Å². The van der Waals surface area contributed by atoms with Gasteiger partial charge in [0.1, 0.15) is 0 Å². The molecule has 0 rings (SSSR count). The Morgan fingerprint density at radius 3 is 0.963 bits per heavy atom. The van der Waals surface area contributed by atoms with Crippen molar-refractivity contribution in [1.29, 1.82) is 0 Å². The summed E-state index contributed by atoms with van der Waals surface area (Å²) in [5, 5.41) is 0. The molecule has 0 aliphatic heterocycles. The molecular formula is C4H8Ca3Cl2O14P4. The Morgan fingerprint density at radius 1 is 0.593 bits per heavy atom. The smallest absolute Gasteiger partial charge is 0.790 e. The summed E-state index contributed by atoms with van der Waals surface area (Å²) in [5.74, 6) is -0.338. The third-order valence-corrected chi connectivity index (χ3v) is 5.56. The monoisotopic (exact) mass is 594 g/mol. The second-order valence-corrected chi connectivity index (χ2v) is 9.15. The second-order valence-electron chi connectivity index (χ2n) is 3.00. The van der Waals surface area contributed by atoms with Gasteiger partial charge in [0.2, 0.25) is 0 Å². The van der Waals surface area contributed by atoms with Crippen molar-refractivity contribution in [1.82, 2.24) is 0 Å². The van der Waals surface area contributed by atoms with Crippen LogP contribution in [0.15, 0.2) is 0 Å². The summed E-state index contributed by atoms with van der Waals surface area (Å²) in [7, 11) is -21.2. The molecule has 14 nitrogen and oxygen atoms in total. The molecule has 0 saturated carbocycles. The summed E-state index contributed by atoms with van der Waals surface area (Å²) in [4.78, 5) is 59.8. The van der Waals surface area contributed by atoms with Gasteiger partial charge < -0.3 is 47.5 Å². The average molecular weight is 595 g/mol. The molecule has 0 bridgehead atoms. The predicted molar refractivity (Wildman–Crippen MR) is 83.2 cm³/mol. The van der Waals surface area contributed by atoms with E-state index in [1.807, 2.05) is 0 Å². The molecule has 0 amide bonds. The van der Waals surface area contributed by atoms with Gasteiger partial charge in [0, 0.05) is 11.8 Å². The molecule has 0 aromatic carbocycles. The molecule has 0 N–H and O–H groups in total. The van der Waals surface area contributed by atoms with E-state index >= 15 is 0 Å². The van der Waals surface area contributed by atoms with Crippen molar-refractivity contribution in [2.75, 3.05) is 25.0 Å². The Kier molecular flexibility index (Phi) is 31.6. The van der Waals surface area contributed by atoms with Crippen LogP contribution in [0.2, 0.25) is 0 Å². The summed E-state index contributed by atoms with van der Waals surface area (Å²) < 4.78 is 54.1. The van der Waals surface area contributed by atoms with E-state index in [1.54, 1.807) is 0 Å². The van der Waals surface area contributed by atoms with Gasteiger partial charge in [0.25, 0.3) is 15.6 Å². The fourth-order valence-electron chi connectivity index (χ4n) is 0.585. The molecule has 0 heterocycles. The van der Waals surface area contributed by atoms with E-state index < -0.39 is 44.5 Å². The Balaban J connectivity index is -0.000000108. The van der Waals surface area contributed by atoms with E-state index in [4.69, 9.17) is 23.2 Å². The molecule has 0 saturated heterocycles. The second kappa shape index (κ2) is 20.3. The van der Waals surface area contributed by atoms with Gasteiger partial charge in [-0.25, -0.2) is 0 Å². The van der Waals surface area contributed by atoms with Crippen LogP contribution in [0.25, 0.3) is 0 Å². The fourth-order valence-corrected chi connectivity index (χ4v) is 3.92. The number of phosphoric ester groups is 2. The quantitative estimate of drug-likeness (QED) is 0.133. The van der Waals surface area contributed by atoms with Crippen molar-refractivity contribution in [3.8, 4) is 0 Å². The van der Waals surface area contributed by atoms with Crippen molar-refractivity contribution in [2.45, 2.75) is 0 Å². The van der Waals surface area contributed by atoms with Crippen molar-refractivity contribution in [2.24, 2.45) is 0 Å². The third-order valence-electron chi connectivity index (χ3n) is 1.05. The largest absolute Gasteiger partial charge is 2.00 e. The summed E-state index contributed by atoms with van der Waals surface area (Å²) in [6.07, 6.45) is 0. The van der Waals surface area contributed by atoms with Gasteiger partial charge in [-0.3, -0.25) is 17.8 Å². The van der Waals surface area contributed by atoms with Gasteiger partial charge in [-0.2, -0.15) is 0 Å². The summed E-state index contributed by atoms with van der Waals surface area (Å²) in [5.41, 5.74) is 0. The summed E-state index contributed by atoms with van der Waals surface area (Å²) in [6, 6.07) is 0. The number of hydrogen-bond donors (Lipinski definition) is 0. The zero-order valence-electron chi connectivity index (χ0n) is 13.2. The first kappa shape index (κ1) is 42.1. The van der Waals surface area contributed by atoms with Gasteiger partial charge in [-0.05, 0) is 0 Å². The van der Waals surface area contributed by atoms with E-state index in [1.165, 1.54) is 0 Å². The maximum absolute atomic E-state index is 10.4. The van der Waals surface area contributed by atoms with E-state index in [2.05, 4.69) is 17.7 Å². The summed E-state index contributed by atoms with van der Waals surface area (Å²) >= 11 is 10.0. The van der Waals surface area contributed by atoms with Crippen molar-refractivity contribution in [3.63, 3.8) is 0 Å². The van der Waals surface area contributed by atoms with Crippen LogP contribution in [-0.2, 0) is 35.9 Å². The van der Waals surface area contributed by atoms with E-state index in [0.717, 1.165) is 0 Å². The molecule has 0 aliphatic rings. The Labute approximate surface area is 253 Å². The topological polar surface area (TPSA) is 244 Å². The molecule has 2 atom stereocenters. The summed E-state index contributed by atoms with van der Waals surface area (Å²) in [6.45, 7) is -0.912. The standard InChI is InChI=1S/2C2H7ClO7P2.3Ca/c2*3-1-2-9-12(7,8)10-11(4,5)6;;;/h2*1-2H2,(H,7,8)(H2,4,5,6);;;/q;;3*+2/p-6. The number of hydrogen-bond acceptors (Lipinski definition) is 14. The zero-order valence-corrected chi connectivity index (χ0v) is 24.9. The van der Waals surface area contributed by atoms with Crippen LogP contribution >= 0.6 is 54.5 Å². The molecule has 23 heteroatoms. The minimum atomic E-state index is -5.57. The van der Waals surface area contributed by atoms with Crippen LogP contribution < -0.4 is 29.4 Å². The van der Waals surface area contributed by atoms with E-state index in [-0.39, 0.29) is 125 Å². The molecule has 2 unspecified atom stereocenters. The molecule has 0 aromatic heterocycles. The maximum atomic E-state index is 10.4. The molecule has 27 heavy (non-hydrogen) atoms. The van der Waals surface area contributed by atoms with Gasteiger partial charge in [-0.15, -0.1) is 23.2 Å². The van der Waals surface area contributed by atoms with E-state index in [0.29, 0.717) is 0 Å². The zero-order chi connectivity index (χ0) is 19.7. The van der Waals surface area contributed by atoms with Crippen LogP contribution in [0.1, 0.15) is 0 Å². The normalized spacial score (nSPS) is 15.4. The molecule has 0 aromatic rings. The minimum Gasteiger partial charge on any atom is -0.790 e. The average Bonchev–Trinajstić information content (AvgIpc) is 2.29. The van der Waals surface area contributed by atoms with Crippen LogP contribution in [0.4, 0.5) is 0 Å². The maximum Gasteiger partial charge on any atom is 2.00 e. The van der Waals surface area contributed by atoms with Crippen LogP contribution in [0, 0.1) is 0 Å². The molecule has 0 spiro atoms. The van der Waals surface area contributed by atoms with Crippen molar-refractivity contribution in [3.05, 3.63) is 0 Å². The molecule has 0 radical (unpaired) electrons. The number of phosphoric acid groups is 4. The Bertz CT molecular complexity index is 504. The molecule has 148 valence electrons. The van der Waals surface area contributed by atoms with Gasteiger partial charge in [-0.1, -0.05) is 0 Å². The van der Waals surface area contributed by atoms with E-state index in [9.17, 15) is 47.6 Å². The Morgan fingerprint density at radius 2 is 0.815 bits per heavy atom. The van der Waals surface area contributed by atoms with Crippen LogP contribution in [-0.4, -0.2) is 138 Å². The number of halogens is 2. The number of alkyl halides is 2. The molecule has 0 fully saturated rings. The molecular weight excluding hydrogens is 587 g/mol. The minimum absolute atomic E-state index is 0. The first-order valence-corrected chi connectivity index (χ1v) is 11.9. The fraction of sp³-hybridized carbons (Fsp3) is 1.00. The van der Waals surface area contributed by atoms with Crippen LogP contribution in [0.5, 0.6) is 0 Å². The van der Waals surface area contributed by atoms with Crippen molar-refractivity contribution >= 4 is 168 Å². The van der Waals surface area contributed by atoms with Crippen LogP contribution in [0.3, 0.4) is 0 Å². The first-order valence-electron chi connectivity index (χ1n) is 5.03. The predicted octanol–water partition coefficient (Wildman–Crippen LogP) is -4.03. The molecule has 0 aliphatic carbocycles. The Hall–Kier alpha value is 4.88. The van der Waals surface area contributed by atoms with Gasteiger partial charge in [0.15, 0.2) is 0 Å².